The maximum atomic E-state index is 13.9. The minimum atomic E-state index is -0.581. The number of hydrogen-bond acceptors (Lipinski definition) is 4. The molecule has 0 aliphatic carbocycles. The van der Waals surface area contributed by atoms with Gasteiger partial charge >= 0.3 is 5.97 Å². The number of esters is 1. The number of methoxy groups -OCH3 is 1. The van der Waals surface area contributed by atoms with Gasteiger partial charge in [0.25, 0.3) is 0 Å². The summed E-state index contributed by atoms with van der Waals surface area (Å²) in [5.74, 6) is -2.17. The number of nitrogens with zero attached hydrogens (tertiary/aromatic N) is 1. The Kier molecular flexibility index (Phi) is 4.97. The number of halogens is 1. The largest absolute Gasteiger partial charge is 0.465 e. The van der Waals surface area contributed by atoms with Gasteiger partial charge in [0.15, 0.2) is 0 Å². The van der Waals surface area contributed by atoms with E-state index in [0.29, 0.717) is 11.3 Å². The van der Waals surface area contributed by atoms with Gasteiger partial charge in [-0.05, 0) is 36.4 Å². The monoisotopic (exact) mass is 356 g/mol. The fraction of sp³-hybridized carbons (Fsp3) is 0.211. The maximum absolute atomic E-state index is 13.9. The van der Waals surface area contributed by atoms with Crippen LogP contribution in [0.1, 0.15) is 16.8 Å². The number of anilines is 2. The molecule has 1 unspecified atom stereocenters. The summed E-state index contributed by atoms with van der Waals surface area (Å²) in [7, 11) is 1.29. The number of rotatable bonds is 4. The highest BCUT2D eigenvalue weighted by atomic mass is 19.1. The molecule has 134 valence electrons. The van der Waals surface area contributed by atoms with Gasteiger partial charge in [-0.15, -0.1) is 0 Å². The zero-order valence-corrected chi connectivity index (χ0v) is 14.1. The van der Waals surface area contributed by atoms with Gasteiger partial charge in [0.2, 0.25) is 11.8 Å². The van der Waals surface area contributed by atoms with E-state index < -0.39 is 17.7 Å². The van der Waals surface area contributed by atoms with E-state index in [-0.39, 0.29) is 30.5 Å². The zero-order valence-electron chi connectivity index (χ0n) is 14.1. The lowest BCUT2D eigenvalue weighted by atomic mass is 10.1. The number of benzene rings is 2. The predicted molar refractivity (Wildman–Crippen MR) is 93.3 cm³/mol. The standard InChI is InChI=1S/C19H17FN2O4/c1-26-19(25)12-6-8-14(9-7-12)21-18(24)13-10-17(23)22(11-13)16-5-3-2-4-15(16)20/h2-9,13H,10-11H2,1H3,(H,21,24). The van der Waals surface area contributed by atoms with Crippen molar-refractivity contribution in [3.8, 4) is 0 Å². The Labute approximate surface area is 149 Å². The molecule has 0 spiro atoms. The Hall–Kier alpha value is -3.22. The van der Waals surface area contributed by atoms with Crippen LogP contribution in [-0.4, -0.2) is 31.4 Å². The average Bonchev–Trinajstić information content (AvgIpc) is 3.04. The van der Waals surface area contributed by atoms with Gasteiger partial charge in [-0.2, -0.15) is 0 Å². The summed E-state index contributed by atoms with van der Waals surface area (Å²) >= 11 is 0. The third kappa shape index (κ3) is 3.56. The molecule has 1 aliphatic heterocycles. The minimum Gasteiger partial charge on any atom is -0.465 e. The first-order chi connectivity index (χ1) is 12.5. The van der Waals surface area contributed by atoms with Crippen molar-refractivity contribution in [1.29, 1.82) is 0 Å². The smallest absolute Gasteiger partial charge is 0.337 e. The second-order valence-corrected chi connectivity index (χ2v) is 5.91. The fourth-order valence-corrected chi connectivity index (χ4v) is 2.84. The second kappa shape index (κ2) is 7.35. The molecule has 1 aliphatic rings. The SMILES string of the molecule is COC(=O)c1ccc(NC(=O)C2CC(=O)N(c3ccccc3F)C2)cc1. The maximum Gasteiger partial charge on any atom is 0.337 e. The summed E-state index contributed by atoms with van der Waals surface area (Å²) in [6, 6.07) is 12.2. The predicted octanol–water partition coefficient (Wildman–Crippen LogP) is 2.60. The molecule has 0 bridgehead atoms. The van der Waals surface area contributed by atoms with Crippen molar-refractivity contribution in [3.63, 3.8) is 0 Å². The number of ether oxygens (including phenoxy) is 1. The van der Waals surface area contributed by atoms with Crippen LogP contribution in [-0.2, 0) is 14.3 Å². The average molecular weight is 356 g/mol. The summed E-state index contributed by atoms with van der Waals surface area (Å²) < 4.78 is 18.5. The number of carbonyl (C=O) groups is 3. The van der Waals surface area contributed by atoms with E-state index in [1.807, 2.05) is 0 Å². The van der Waals surface area contributed by atoms with E-state index in [1.165, 1.54) is 36.3 Å². The van der Waals surface area contributed by atoms with Crippen LogP contribution in [0.25, 0.3) is 0 Å². The Balaban J connectivity index is 1.67. The van der Waals surface area contributed by atoms with Crippen LogP contribution in [0.2, 0.25) is 0 Å². The topological polar surface area (TPSA) is 75.7 Å². The molecule has 1 heterocycles. The summed E-state index contributed by atoms with van der Waals surface area (Å²) in [6.07, 6.45) is 0.0143. The first kappa shape index (κ1) is 17.6. The van der Waals surface area contributed by atoms with Gasteiger partial charge in [0.1, 0.15) is 5.82 Å². The van der Waals surface area contributed by atoms with Crippen LogP contribution in [0.5, 0.6) is 0 Å². The molecule has 3 rings (SSSR count). The molecule has 0 saturated carbocycles. The molecule has 26 heavy (non-hydrogen) atoms. The third-order valence-corrected chi connectivity index (χ3v) is 4.21. The van der Waals surface area contributed by atoms with Crippen molar-refractivity contribution in [2.24, 2.45) is 5.92 Å². The van der Waals surface area contributed by atoms with Gasteiger partial charge in [0, 0.05) is 18.7 Å². The van der Waals surface area contributed by atoms with E-state index in [2.05, 4.69) is 10.1 Å². The van der Waals surface area contributed by atoms with Gasteiger partial charge in [-0.3, -0.25) is 9.59 Å². The molecule has 1 saturated heterocycles. The van der Waals surface area contributed by atoms with Gasteiger partial charge in [-0.25, -0.2) is 9.18 Å². The molecule has 1 fully saturated rings. The molecular weight excluding hydrogens is 339 g/mol. The Morgan fingerprint density at radius 2 is 1.85 bits per heavy atom. The van der Waals surface area contributed by atoms with E-state index in [0.717, 1.165) is 0 Å². The van der Waals surface area contributed by atoms with Crippen LogP contribution in [0.15, 0.2) is 48.5 Å². The van der Waals surface area contributed by atoms with Gasteiger partial charge in [-0.1, -0.05) is 12.1 Å². The van der Waals surface area contributed by atoms with Crippen molar-refractivity contribution in [3.05, 3.63) is 59.9 Å². The molecule has 7 heteroatoms. The van der Waals surface area contributed by atoms with Gasteiger partial charge < -0.3 is 15.0 Å². The number of carbonyl (C=O) groups excluding carboxylic acids is 3. The van der Waals surface area contributed by atoms with Crippen LogP contribution in [0.3, 0.4) is 0 Å². The molecule has 2 aromatic carbocycles. The van der Waals surface area contributed by atoms with Crippen molar-refractivity contribution >= 4 is 29.2 Å². The van der Waals surface area contributed by atoms with E-state index in [1.54, 1.807) is 24.3 Å². The molecule has 1 atom stereocenters. The molecule has 2 aromatic rings. The Morgan fingerprint density at radius 1 is 1.15 bits per heavy atom. The lowest BCUT2D eigenvalue weighted by Gasteiger charge is -2.17. The summed E-state index contributed by atoms with van der Waals surface area (Å²) in [5.41, 5.74) is 1.04. The molecule has 6 nitrogen and oxygen atoms in total. The first-order valence-corrected chi connectivity index (χ1v) is 8.03. The van der Waals surface area contributed by atoms with E-state index in [9.17, 15) is 18.8 Å². The van der Waals surface area contributed by atoms with Gasteiger partial charge in [0.05, 0.1) is 24.3 Å². The molecule has 0 aromatic heterocycles. The first-order valence-electron chi connectivity index (χ1n) is 8.03. The number of amides is 2. The lowest BCUT2D eigenvalue weighted by Crippen LogP contribution is -2.28. The summed E-state index contributed by atoms with van der Waals surface area (Å²) in [5, 5.41) is 2.71. The van der Waals surface area contributed by atoms with Crippen LogP contribution < -0.4 is 10.2 Å². The highest BCUT2D eigenvalue weighted by molar-refractivity contribution is 6.03. The molecule has 2 amide bonds. The summed E-state index contributed by atoms with van der Waals surface area (Å²) in [6.45, 7) is 0.117. The molecule has 0 radical (unpaired) electrons. The zero-order chi connectivity index (χ0) is 18.7. The highest BCUT2D eigenvalue weighted by Gasteiger charge is 2.36. The minimum absolute atomic E-state index is 0.0143. The van der Waals surface area contributed by atoms with Crippen LogP contribution >= 0.6 is 0 Å². The number of nitrogens with one attached hydrogen (secondary N) is 1. The Morgan fingerprint density at radius 3 is 2.50 bits per heavy atom. The van der Waals surface area contributed by atoms with Crippen molar-refractivity contribution < 1.29 is 23.5 Å². The van der Waals surface area contributed by atoms with E-state index >= 15 is 0 Å². The van der Waals surface area contributed by atoms with Crippen molar-refractivity contribution in [2.75, 3.05) is 23.9 Å². The molecule has 1 N–H and O–H groups in total. The quantitative estimate of drug-likeness (QED) is 0.855. The summed E-state index contributed by atoms with van der Waals surface area (Å²) in [4.78, 5) is 37.3. The lowest BCUT2D eigenvalue weighted by molar-refractivity contribution is -0.122. The second-order valence-electron chi connectivity index (χ2n) is 5.91. The fourth-order valence-electron chi connectivity index (χ4n) is 2.84. The Bertz CT molecular complexity index is 851. The normalized spacial score (nSPS) is 16.5. The van der Waals surface area contributed by atoms with Crippen molar-refractivity contribution in [1.82, 2.24) is 0 Å². The van der Waals surface area contributed by atoms with Crippen LogP contribution in [0, 0.1) is 11.7 Å². The molecular formula is C19H17FN2O4. The third-order valence-electron chi connectivity index (χ3n) is 4.21. The van der Waals surface area contributed by atoms with E-state index in [4.69, 9.17) is 0 Å². The highest BCUT2D eigenvalue weighted by Crippen LogP contribution is 2.28. The number of para-hydroxylation sites is 1. The van der Waals surface area contributed by atoms with Crippen LogP contribution in [0.4, 0.5) is 15.8 Å². The van der Waals surface area contributed by atoms with Crippen molar-refractivity contribution in [2.45, 2.75) is 6.42 Å². The number of hydrogen-bond donors (Lipinski definition) is 1.